The van der Waals surface area contributed by atoms with Gasteiger partial charge in [0.25, 0.3) is 0 Å². The van der Waals surface area contributed by atoms with E-state index in [1.807, 2.05) is 0 Å². The summed E-state index contributed by atoms with van der Waals surface area (Å²) in [4.78, 5) is 0. The molecule has 0 aliphatic rings. The second-order valence-electron chi connectivity index (χ2n) is 4.07. The maximum atomic E-state index is 13.5. The molecule has 0 radical (unpaired) electrons. The van der Waals surface area contributed by atoms with Crippen LogP contribution >= 0.6 is 0 Å². The van der Waals surface area contributed by atoms with Crippen LogP contribution in [0, 0.1) is 17.1 Å². The minimum Gasteiger partial charge on any atom is -0.457 e. The van der Waals surface area contributed by atoms with Crippen LogP contribution < -0.4 is 4.74 Å². The summed E-state index contributed by atoms with van der Waals surface area (Å²) < 4.78 is 19.0. The quantitative estimate of drug-likeness (QED) is 0.914. The van der Waals surface area contributed by atoms with Gasteiger partial charge in [0, 0.05) is 11.6 Å². The predicted molar refractivity (Wildman–Crippen MR) is 68.3 cm³/mol. The summed E-state index contributed by atoms with van der Waals surface area (Å²) in [6.07, 6.45) is -0.681. The van der Waals surface area contributed by atoms with Gasteiger partial charge in [-0.2, -0.15) is 5.26 Å². The Morgan fingerprint density at radius 3 is 2.63 bits per heavy atom. The summed E-state index contributed by atoms with van der Waals surface area (Å²) in [5.41, 5.74) is 0.587. The Labute approximate surface area is 110 Å². The molecule has 2 aromatic rings. The molecule has 4 heteroatoms. The van der Waals surface area contributed by atoms with Gasteiger partial charge in [0.1, 0.15) is 23.4 Å². The number of para-hydroxylation sites is 1. The smallest absolute Gasteiger partial charge is 0.144 e. The molecule has 0 aromatic heterocycles. The molecular formula is C15H12FNO2. The van der Waals surface area contributed by atoms with Crippen molar-refractivity contribution in [3.05, 3.63) is 59.4 Å². The largest absolute Gasteiger partial charge is 0.457 e. The van der Waals surface area contributed by atoms with Gasteiger partial charge in [0.05, 0.1) is 11.7 Å². The molecule has 0 amide bonds. The van der Waals surface area contributed by atoms with Gasteiger partial charge in [0.15, 0.2) is 0 Å². The van der Waals surface area contributed by atoms with Crippen molar-refractivity contribution in [1.29, 1.82) is 5.26 Å². The molecule has 2 aromatic carbocycles. The number of benzene rings is 2. The fourth-order valence-electron chi connectivity index (χ4n) is 1.70. The van der Waals surface area contributed by atoms with E-state index in [0.29, 0.717) is 11.3 Å². The fourth-order valence-corrected chi connectivity index (χ4v) is 1.70. The highest BCUT2D eigenvalue weighted by atomic mass is 19.1. The van der Waals surface area contributed by atoms with Crippen molar-refractivity contribution in [3.63, 3.8) is 0 Å². The van der Waals surface area contributed by atoms with Crippen LogP contribution in [0.15, 0.2) is 42.5 Å². The van der Waals surface area contributed by atoms with Crippen LogP contribution in [0.25, 0.3) is 0 Å². The van der Waals surface area contributed by atoms with E-state index in [4.69, 9.17) is 10.00 Å². The molecule has 0 heterocycles. The Balaban J connectivity index is 2.32. The van der Waals surface area contributed by atoms with E-state index >= 15 is 0 Å². The van der Waals surface area contributed by atoms with Gasteiger partial charge in [-0.25, -0.2) is 4.39 Å². The molecule has 1 unspecified atom stereocenters. The standard InChI is InChI=1S/C15H12FNO2/c1-10(18)13-4-2-3-5-15(13)19-12-7-6-11(9-17)14(16)8-12/h2-8,10,18H,1H3. The Morgan fingerprint density at radius 2 is 2.00 bits per heavy atom. The van der Waals surface area contributed by atoms with E-state index in [0.717, 1.165) is 6.07 Å². The summed E-state index contributed by atoms with van der Waals surface area (Å²) in [5.74, 6) is 0.112. The summed E-state index contributed by atoms with van der Waals surface area (Å²) in [5, 5.41) is 18.3. The van der Waals surface area contributed by atoms with Crippen molar-refractivity contribution in [2.75, 3.05) is 0 Å². The molecule has 3 nitrogen and oxygen atoms in total. The lowest BCUT2D eigenvalue weighted by Gasteiger charge is -2.13. The van der Waals surface area contributed by atoms with E-state index in [9.17, 15) is 9.50 Å². The molecule has 0 saturated heterocycles. The first-order valence-electron chi connectivity index (χ1n) is 5.76. The van der Waals surface area contributed by atoms with Gasteiger partial charge >= 0.3 is 0 Å². The lowest BCUT2D eigenvalue weighted by atomic mass is 10.1. The van der Waals surface area contributed by atoms with E-state index in [1.54, 1.807) is 37.3 Å². The van der Waals surface area contributed by atoms with E-state index < -0.39 is 11.9 Å². The molecular weight excluding hydrogens is 245 g/mol. The normalized spacial score (nSPS) is 11.7. The Bertz CT molecular complexity index is 632. The number of ether oxygens (including phenoxy) is 1. The zero-order chi connectivity index (χ0) is 13.8. The van der Waals surface area contributed by atoms with Crippen LogP contribution in [0.2, 0.25) is 0 Å². The Kier molecular flexibility index (Phi) is 3.79. The maximum absolute atomic E-state index is 13.5. The summed E-state index contributed by atoms with van der Waals surface area (Å²) in [7, 11) is 0. The van der Waals surface area contributed by atoms with E-state index in [1.165, 1.54) is 12.1 Å². The molecule has 1 N–H and O–H groups in total. The van der Waals surface area contributed by atoms with Crippen LogP contribution in [0.4, 0.5) is 4.39 Å². The first-order chi connectivity index (χ1) is 9.11. The molecule has 19 heavy (non-hydrogen) atoms. The van der Waals surface area contributed by atoms with Gasteiger partial charge in [-0.3, -0.25) is 0 Å². The molecule has 1 atom stereocenters. The molecule has 0 spiro atoms. The highest BCUT2D eigenvalue weighted by Gasteiger charge is 2.10. The number of hydrogen-bond acceptors (Lipinski definition) is 3. The lowest BCUT2D eigenvalue weighted by Crippen LogP contribution is -1.96. The van der Waals surface area contributed by atoms with Crippen LogP contribution in [-0.2, 0) is 0 Å². The molecule has 96 valence electrons. The third-order valence-electron chi connectivity index (χ3n) is 2.66. The number of halogens is 1. The maximum Gasteiger partial charge on any atom is 0.144 e. The molecule has 0 bridgehead atoms. The average Bonchev–Trinajstić information content (AvgIpc) is 2.39. The second-order valence-corrected chi connectivity index (χ2v) is 4.07. The van der Waals surface area contributed by atoms with Gasteiger partial charge in [-0.15, -0.1) is 0 Å². The molecule has 2 rings (SSSR count). The molecule has 0 fully saturated rings. The van der Waals surface area contributed by atoms with Gasteiger partial charge in [-0.1, -0.05) is 18.2 Å². The number of aliphatic hydroxyl groups is 1. The molecule has 0 aliphatic carbocycles. The third-order valence-corrected chi connectivity index (χ3v) is 2.66. The first kappa shape index (κ1) is 13.1. The second kappa shape index (κ2) is 5.51. The number of rotatable bonds is 3. The Hall–Kier alpha value is -2.38. The van der Waals surface area contributed by atoms with E-state index in [-0.39, 0.29) is 11.3 Å². The number of nitriles is 1. The molecule has 0 aliphatic heterocycles. The van der Waals surface area contributed by atoms with Crippen LogP contribution in [0.3, 0.4) is 0 Å². The topological polar surface area (TPSA) is 53.2 Å². The fraction of sp³-hybridized carbons (Fsp3) is 0.133. The van der Waals surface area contributed by atoms with E-state index in [2.05, 4.69) is 0 Å². The number of aliphatic hydroxyl groups excluding tert-OH is 1. The van der Waals surface area contributed by atoms with Crippen molar-refractivity contribution >= 4 is 0 Å². The number of nitrogens with zero attached hydrogens (tertiary/aromatic N) is 1. The zero-order valence-corrected chi connectivity index (χ0v) is 10.3. The average molecular weight is 257 g/mol. The number of hydrogen-bond donors (Lipinski definition) is 1. The SMILES string of the molecule is CC(O)c1ccccc1Oc1ccc(C#N)c(F)c1. The zero-order valence-electron chi connectivity index (χ0n) is 10.3. The first-order valence-corrected chi connectivity index (χ1v) is 5.76. The summed E-state index contributed by atoms with van der Waals surface area (Å²) in [6.45, 7) is 1.63. The highest BCUT2D eigenvalue weighted by Crippen LogP contribution is 2.30. The predicted octanol–water partition coefficient (Wildman–Crippen LogP) is 3.54. The minimum absolute atomic E-state index is 0.0313. The summed E-state index contributed by atoms with van der Waals surface area (Å²) in [6, 6.07) is 12.7. The lowest BCUT2D eigenvalue weighted by molar-refractivity contribution is 0.195. The van der Waals surface area contributed by atoms with Gasteiger partial charge in [-0.05, 0) is 25.1 Å². The highest BCUT2D eigenvalue weighted by molar-refractivity contribution is 5.41. The minimum atomic E-state index is -0.681. The van der Waals surface area contributed by atoms with Gasteiger partial charge < -0.3 is 9.84 Å². The molecule has 0 saturated carbocycles. The van der Waals surface area contributed by atoms with Crippen molar-refractivity contribution in [2.24, 2.45) is 0 Å². The van der Waals surface area contributed by atoms with Crippen LogP contribution in [-0.4, -0.2) is 5.11 Å². The van der Waals surface area contributed by atoms with Crippen LogP contribution in [0.5, 0.6) is 11.5 Å². The van der Waals surface area contributed by atoms with Crippen LogP contribution in [0.1, 0.15) is 24.2 Å². The monoisotopic (exact) mass is 257 g/mol. The Morgan fingerprint density at radius 1 is 1.26 bits per heavy atom. The van der Waals surface area contributed by atoms with Crippen molar-refractivity contribution in [2.45, 2.75) is 13.0 Å². The van der Waals surface area contributed by atoms with Crippen molar-refractivity contribution < 1.29 is 14.2 Å². The van der Waals surface area contributed by atoms with Gasteiger partial charge in [0.2, 0.25) is 0 Å². The third kappa shape index (κ3) is 2.90. The van der Waals surface area contributed by atoms with Crippen molar-refractivity contribution in [1.82, 2.24) is 0 Å². The van der Waals surface area contributed by atoms with Crippen molar-refractivity contribution in [3.8, 4) is 17.6 Å². The summed E-state index contributed by atoms with van der Waals surface area (Å²) >= 11 is 0.